The molecule has 1 aliphatic heterocycles. The molecule has 0 aliphatic carbocycles. The van der Waals surface area contributed by atoms with Crippen molar-refractivity contribution in [2.75, 3.05) is 38.1 Å². The van der Waals surface area contributed by atoms with Gasteiger partial charge in [0.15, 0.2) is 5.82 Å². The molecule has 0 aromatic carbocycles. The summed E-state index contributed by atoms with van der Waals surface area (Å²) in [6.07, 6.45) is 1.08. The van der Waals surface area contributed by atoms with Gasteiger partial charge in [0.1, 0.15) is 11.9 Å². The topological polar surface area (TPSA) is 50.3 Å². The third-order valence-electron chi connectivity index (χ3n) is 3.83. The molecule has 0 radical (unpaired) electrons. The van der Waals surface area contributed by atoms with Gasteiger partial charge in [-0.15, -0.1) is 0 Å². The zero-order chi connectivity index (χ0) is 14.5. The molecule has 0 amide bonds. The second-order valence-electron chi connectivity index (χ2n) is 5.32. The highest BCUT2D eigenvalue weighted by Crippen LogP contribution is 2.23. The normalized spacial score (nSPS) is 20.1. The molecule has 5 nitrogen and oxygen atoms in total. The molecule has 1 aromatic rings. The van der Waals surface area contributed by atoms with Crippen LogP contribution in [0.4, 0.5) is 5.82 Å². The Morgan fingerprint density at radius 2 is 2.10 bits per heavy atom. The number of aromatic nitrogens is 2. The molecule has 1 unspecified atom stereocenters. The van der Waals surface area contributed by atoms with Crippen LogP contribution in [-0.2, 0) is 4.74 Å². The molecule has 1 fully saturated rings. The van der Waals surface area contributed by atoms with Crippen molar-refractivity contribution in [1.29, 1.82) is 0 Å². The monoisotopic (exact) mass is 278 g/mol. The number of ether oxygens (including phenoxy) is 1. The average molecular weight is 278 g/mol. The molecule has 0 saturated carbocycles. The Kier molecular flexibility index (Phi) is 5.31. The fourth-order valence-electron chi connectivity index (χ4n) is 2.36. The first-order valence-electron chi connectivity index (χ1n) is 7.58. The minimum atomic E-state index is -0.00910. The number of hydrogen-bond donors (Lipinski definition) is 1. The third kappa shape index (κ3) is 3.46. The lowest BCUT2D eigenvalue weighted by Crippen LogP contribution is -2.38. The third-order valence-corrected chi connectivity index (χ3v) is 3.83. The van der Waals surface area contributed by atoms with Gasteiger partial charge in [-0.2, -0.15) is 0 Å². The van der Waals surface area contributed by atoms with E-state index in [0.29, 0.717) is 0 Å². The summed E-state index contributed by atoms with van der Waals surface area (Å²) >= 11 is 0. The van der Waals surface area contributed by atoms with Crippen molar-refractivity contribution in [3.05, 3.63) is 17.1 Å². The summed E-state index contributed by atoms with van der Waals surface area (Å²) in [6.45, 7) is 13.1. The summed E-state index contributed by atoms with van der Waals surface area (Å²) < 4.78 is 5.86. The van der Waals surface area contributed by atoms with Gasteiger partial charge in [0.05, 0.1) is 6.61 Å². The maximum absolute atomic E-state index is 5.86. The van der Waals surface area contributed by atoms with E-state index in [0.717, 1.165) is 62.1 Å². The number of likely N-dealkylation sites (N-methyl/N-ethyl adjacent to an activating group) is 1. The van der Waals surface area contributed by atoms with Gasteiger partial charge >= 0.3 is 0 Å². The van der Waals surface area contributed by atoms with Gasteiger partial charge in [-0.1, -0.05) is 13.8 Å². The van der Waals surface area contributed by atoms with Gasteiger partial charge in [-0.25, -0.2) is 9.97 Å². The largest absolute Gasteiger partial charge is 0.370 e. The molecule has 1 atom stereocenters. The fraction of sp³-hybridized carbons (Fsp3) is 0.733. The lowest BCUT2D eigenvalue weighted by molar-refractivity contribution is -0.0325. The molecule has 1 N–H and O–H groups in total. The van der Waals surface area contributed by atoms with E-state index in [2.05, 4.69) is 41.0 Å². The van der Waals surface area contributed by atoms with E-state index in [4.69, 9.17) is 4.74 Å². The van der Waals surface area contributed by atoms with Crippen molar-refractivity contribution in [3.63, 3.8) is 0 Å². The van der Waals surface area contributed by atoms with E-state index in [9.17, 15) is 0 Å². The van der Waals surface area contributed by atoms with Gasteiger partial charge in [0.25, 0.3) is 0 Å². The van der Waals surface area contributed by atoms with Crippen molar-refractivity contribution < 1.29 is 4.74 Å². The van der Waals surface area contributed by atoms with E-state index < -0.39 is 0 Å². The lowest BCUT2D eigenvalue weighted by Gasteiger charge is -2.31. The highest BCUT2D eigenvalue weighted by molar-refractivity contribution is 5.45. The summed E-state index contributed by atoms with van der Waals surface area (Å²) in [7, 11) is 0. The maximum atomic E-state index is 5.86. The number of aryl methyl sites for hydroxylation is 1. The van der Waals surface area contributed by atoms with Crippen LogP contribution in [-0.4, -0.2) is 47.7 Å². The van der Waals surface area contributed by atoms with E-state index in [1.165, 1.54) is 0 Å². The zero-order valence-corrected chi connectivity index (χ0v) is 13.1. The number of nitrogens with zero attached hydrogens (tertiary/aromatic N) is 3. The minimum absolute atomic E-state index is 0.00910. The molecule has 0 bridgehead atoms. The van der Waals surface area contributed by atoms with Crippen LogP contribution in [0.5, 0.6) is 0 Å². The van der Waals surface area contributed by atoms with Gasteiger partial charge in [0.2, 0.25) is 0 Å². The highest BCUT2D eigenvalue weighted by atomic mass is 16.5. The second kappa shape index (κ2) is 6.99. The average Bonchev–Trinajstić information content (AvgIpc) is 2.48. The van der Waals surface area contributed by atoms with Gasteiger partial charge in [0, 0.05) is 30.9 Å². The first-order chi connectivity index (χ1) is 9.65. The SMILES string of the molecule is CCCNc1nc(C2CN(CC)CCO2)nc(C)c1C. The first kappa shape index (κ1) is 15.2. The molecular formula is C15H26N4O. The van der Waals surface area contributed by atoms with Crippen LogP contribution in [0, 0.1) is 13.8 Å². The summed E-state index contributed by atoms with van der Waals surface area (Å²) in [5.74, 6) is 1.76. The van der Waals surface area contributed by atoms with Gasteiger partial charge < -0.3 is 10.1 Å². The van der Waals surface area contributed by atoms with Crippen molar-refractivity contribution >= 4 is 5.82 Å². The quantitative estimate of drug-likeness (QED) is 0.895. The van der Waals surface area contributed by atoms with Crippen molar-refractivity contribution in [2.45, 2.75) is 40.2 Å². The molecule has 1 aliphatic rings. The highest BCUT2D eigenvalue weighted by Gasteiger charge is 2.24. The maximum Gasteiger partial charge on any atom is 0.161 e. The molecule has 5 heteroatoms. The number of anilines is 1. The predicted octanol–water partition coefficient (Wildman–Crippen LogP) is 2.31. The van der Waals surface area contributed by atoms with Crippen LogP contribution in [0.1, 0.15) is 43.5 Å². The van der Waals surface area contributed by atoms with Crippen LogP contribution in [0.15, 0.2) is 0 Å². The summed E-state index contributed by atoms with van der Waals surface area (Å²) in [5.41, 5.74) is 2.16. The molecule has 112 valence electrons. The number of morpholine rings is 1. The van der Waals surface area contributed by atoms with Gasteiger partial charge in [-0.05, 0) is 26.8 Å². The molecule has 2 rings (SSSR count). The van der Waals surface area contributed by atoms with Crippen LogP contribution >= 0.6 is 0 Å². The van der Waals surface area contributed by atoms with E-state index in [1.54, 1.807) is 0 Å². The van der Waals surface area contributed by atoms with Crippen LogP contribution in [0.2, 0.25) is 0 Å². The number of nitrogens with one attached hydrogen (secondary N) is 1. The van der Waals surface area contributed by atoms with Crippen LogP contribution < -0.4 is 5.32 Å². The van der Waals surface area contributed by atoms with Crippen molar-refractivity contribution in [1.82, 2.24) is 14.9 Å². The fourth-order valence-corrected chi connectivity index (χ4v) is 2.36. The zero-order valence-electron chi connectivity index (χ0n) is 13.1. The van der Waals surface area contributed by atoms with Crippen LogP contribution in [0.25, 0.3) is 0 Å². The molecular weight excluding hydrogens is 252 g/mol. The Balaban J connectivity index is 2.20. The Bertz CT molecular complexity index is 450. The smallest absolute Gasteiger partial charge is 0.161 e. The Morgan fingerprint density at radius 3 is 2.80 bits per heavy atom. The van der Waals surface area contributed by atoms with Gasteiger partial charge in [-0.3, -0.25) is 4.90 Å². The second-order valence-corrected chi connectivity index (χ2v) is 5.32. The summed E-state index contributed by atoms with van der Waals surface area (Å²) in [5, 5.41) is 3.39. The number of hydrogen-bond acceptors (Lipinski definition) is 5. The Morgan fingerprint density at radius 1 is 1.30 bits per heavy atom. The lowest BCUT2D eigenvalue weighted by atomic mass is 10.2. The summed E-state index contributed by atoms with van der Waals surface area (Å²) in [4.78, 5) is 11.7. The van der Waals surface area contributed by atoms with E-state index in [-0.39, 0.29) is 6.10 Å². The Hall–Kier alpha value is -1.20. The standard InChI is InChI=1S/C15H26N4O/c1-5-7-16-14-11(3)12(4)17-15(18-14)13-10-19(6-2)8-9-20-13/h13H,5-10H2,1-4H3,(H,16,17,18). The molecule has 0 spiro atoms. The molecule has 1 aromatic heterocycles. The number of rotatable bonds is 5. The first-order valence-corrected chi connectivity index (χ1v) is 7.58. The molecule has 2 heterocycles. The Labute approximate surface area is 121 Å². The molecule has 20 heavy (non-hydrogen) atoms. The molecule has 1 saturated heterocycles. The minimum Gasteiger partial charge on any atom is -0.370 e. The van der Waals surface area contributed by atoms with Crippen molar-refractivity contribution in [3.8, 4) is 0 Å². The van der Waals surface area contributed by atoms with Crippen molar-refractivity contribution in [2.24, 2.45) is 0 Å². The summed E-state index contributed by atoms with van der Waals surface area (Å²) in [6, 6.07) is 0. The van der Waals surface area contributed by atoms with E-state index >= 15 is 0 Å². The van der Waals surface area contributed by atoms with E-state index in [1.807, 2.05) is 6.92 Å². The predicted molar refractivity (Wildman–Crippen MR) is 81.1 cm³/mol. The van der Waals surface area contributed by atoms with Crippen LogP contribution in [0.3, 0.4) is 0 Å².